The molecule has 0 spiro atoms. The highest BCUT2D eigenvalue weighted by molar-refractivity contribution is 6.30. The van der Waals surface area contributed by atoms with Crippen molar-refractivity contribution in [1.29, 1.82) is 0 Å². The Bertz CT molecular complexity index is 454. The van der Waals surface area contributed by atoms with Crippen LogP contribution in [0.1, 0.15) is 18.9 Å². The molecule has 5 heteroatoms. The van der Waals surface area contributed by atoms with E-state index in [0.717, 1.165) is 12.0 Å². The standard InChI is InChI=1S/C14H16ClNO3/c1-2-9-16-13(17)10-19-14(18)8-5-11-3-6-12(15)7-4-11/h3-8H,2,9-10H2,1H3,(H,16,17). The van der Waals surface area contributed by atoms with Gasteiger partial charge < -0.3 is 10.1 Å². The minimum Gasteiger partial charge on any atom is -0.452 e. The van der Waals surface area contributed by atoms with Crippen LogP contribution in [0.5, 0.6) is 0 Å². The molecular weight excluding hydrogens is 266 g/mol. The highest BCUT2D eigenvalue weighted by Gasteiger charge is 2.03. The number of carbonyl (C=O) groups is 2. The summed E-state index contributed by atoms with van der Waals surface area (Å²) < 4.78 is 4.78. The van der Waals surface area contributed by atoms with E-state index < -0.39 is 5.97 Å². The van der Waals surface area contributed by atoms with Crippen LogP contribution < -0.4 is 5.32 Å². The molecule has 0 aliphatic carbocycles. The summed E-state index contributed by atoms with van der Waals surface area (Å²) in [4.78, 5) is 22.5. The number of amides is 1. The molecule has 1 N–H and O–H groups in total. The Morgan fingerprint density at radius 2 is 2.00 bits per heavy atom. The fourth-order valence-electron chi connectivity index (χ4n) is 1.24. The third-order valence-electron chi connectivity index (χ3n) is 2.20. The normalized spacial score (nSPS) is 10.4. The van der Waals surface area contributed by atoms with Gasteiger partial charge in [0.15, 0.2) is 6.61 Å². The topological polar surface area (TPSA) is 55.4 Å². The molecule has 0 atom stereocenters. The second-order valence-corrected chi connectivity index (χ2v) is 4.28. The van der Waals surface area contributed by atoms with E-state index in [1.54, 1.807) is 30.3 Å². The number of nitrogens with one attached hydrogen (secondary N) is 1. The smallest absolute Gasteiger partial charge is 0.331 e. The largest absolute Gasteiger partial charge is 0.452 e. The Morgan fingerprint density at radius 3 is 2.63 bits per heavy atom. The Balaban J connectivity index is 2.34. The molecule has 0 saturated carbocycles. The summed E-state index contributed by atoms with van der Waals surface area (Å²) in [5.74, 6) is -0.850. The van der Waals surface area contributed by atoms with E-state index >= 15 is 0 Å². The number of esters is 1. The molecule has 4 nitrogen and oxygen atoms in total. The Kier molecular flexibility index (Phi) is 6.68. The third-order valence-corrected chi connectivity index (χ3v) is 2.45. The zero-order valence-corrected chi connectivity index (χ0v) is 11.4. The highest BCUT2D eigenvalue weighted by Crippen LogP contribution is 2.10. The SMILES string of the molecule is CCCNC(=O)COC(=O)C=Cc1ccc(Cl)cc1. The molecule has 0 aliphatic heterocycles. The van der Waals surface area contributed by atoms with Crippen molar-refractivity contribution in [3.63, 3.8) is 0 Å². The van der Waals surface area contributed by atoms with Gasteiger partial charge in [-0.1, -0.05) is 30.7 Å². The summed E-state index contributed by atoms with van der Waals surface area (Å²) in [6.45, 7) is 2.27. The molecule has 0 saturated heterocycles. The minimum atomic E-state index is -0.554. The van der Waals surface area contributed by atoms with Crippen LogP contribution in [0.2, 0.25) is 5.02 Å². The maximum atomic E-state index is 11.3. The monoisotopic (exact) mass is 281 g/mol. The highest BCUT2D eigenvalue weighted by atomic mass is 35.5. The van der Waals surface area contributed by atoms with Gasteiger partial charge in [-0.2, -0.15) is 0 Å². The predicted molar refractivity (Wildman–Crippen MR) is 74.7 cm³/mol. The van der Waals surface area contributed by atoms with Crippen LogP contribution in [-0.2, 0) is 14.3 Å². The van der Waals surface area contributed by atoms with E-state index in [4.69, 9.17) is 16.3 Å². The first-order valence-corrected chi connectivity index (χ1v) is 6.36. The van der Waals surface area contributed by atoms with Crippen molar-refractivity contribution in [2.75, 3.05) is 13.2 Å². The molecule has 0 unspecified atom stereocenters. The van der Waals surface area contributed by atoms with Gasteiger partial charge in [0.1, 0.15) is 0 Å². The average molecular weight is 282 g/mol. The van der Waals surface area contributed by atoms with Gasteiger partial charge in [-0.05, 0) is 30.2 Å². The average Bonchev–Trinajstić information content (AvgIpc) is 2.42. The molecule has 0 fully saturated rings. The van der Waals surface area contributed by atoms with Crippen LogP contribution in [0, 0.1) is 0 Å². The number of rotatable bonds is 6. The van der Waals surface area contributed by atoms with Crippen molar-refractivity contribution in [1.82, 2.24) is 5.32 Å². The summed E-state index contributed by atoms with van der Waals surface area (Å²) in [5, 5.41) is 3.24. The fraction of sp³-hybridized carbons (Fsp3) is 0.286. The number of halogens is 1. The van der Waals surface area contributed by atoms with Crippen molar-refractivity contribution >= 4 is 29.6 Å². The molecule has 0 aromatic heterocycles. The lowest BCUT2D eigenvalue weighted by molar-refractivity contribution is -0.143. The fourth-order valence-corrected chi connectivity index (χ4v) is 1.36. The molecular formula is C14H16ClNO3. The van der Waals surface area contributed by atoms with Crippen molar-refractivity contribution in [2.45, 2.75) is 13.3 Å². The maximum absolute atomic E-state index is 11.3. The summed E-state index contributed by atoms with van der Waals surface area (Å²) in [7, 11) is 0. The van der Waals surface area contributed by atoms with E-state index in [1.165, 1.54) is 6.08 Å². The number of carbonyl (C=O) groups excluding carboxylic acids is 2. The lowest BCUT2D eigenvalue weighted by Crippen LogP contribution is -2.28. The van der Waals surface area contributed by atoms with Gasteiger partial charge in [0.25, 0.3) is 5.91 Å². The van der Waals surface area contributed by atoms with Crippen LogP contribution in [0.15, 0.2) is 30.3 Å². The summed E-state index contributed by atoms with van der Waals surface area (Å²) in [6.07, 6.45) is 3.72. The van der Waals surface area contributed by atoms with Gasteiger partial charge in [0, 0.05) is 17.6 Å². The molecule has 0 bridgehead atoms. The van der Waals surface area contributed by atoms with E-state index in [0.29, 0.717) is 11.6 Å². The number of ether oxygens (including phenoxy) is 1. The lowest BCUT2D eigenvalue weighted by Gasteiger charge is -2.03. The first kappa shape index (κ1) is 15.2. The summed E-state index contributed by atoms with van der Waals surface area (Å²) in [5.41, 5.74) is 0.830. The van der Waals surface area contributed by atoms with Gasteiger partial charge in [0.2, 0.25) is 0 Å². The van der Waals surface area contributed by atoms with Crippen LogP contribution in [0.25, 0.3) is 6.08 Å². The van der Waals surface area contributed by atoms with Gasteiger partial charge in [-0.3, -0.25) is 4.79 Å². The quantitative estimate of drug-likeness (QED) is 0.643. The minimum absolute atomic E-state index is 0.260. The number of benzene rings is 1. The second kappa shape index (κ2) is 8.32. The summed E-state index contributed by atoms with van der Waals surface area (Å²) in [6, 6.07) is 7.01. The van der Waals surface area contributed by atoms with Gasteiger partial charge in [0.05, 0.1) is 0 Å². The van der Waals surface area contributed by atoms with Crippen molar-refractivity contribution in [2.24, 2.45) is 0 Å². The number of hydrogen-bond acceptors (Lipinski definition) is 3. The molecule has 1 rings (SSSR count). The van der Waals surface area contributed by atoms with Gasteiger partial charge in [-0.25, -0.2) is 4.79 Å². The zero-order chi connectivity index (χ0) is 14.1. The molecule has 0 aliphatic rings. The third kappa shape index (κ3) is 6.62. The van der Waals surface area contributed by atoms with Crippen LogP contribution in [-0.4, -0.2) is 25.0 Å². The van der Waals surface area contributed by atoms with Crippen molar-refractivity contribution in [3.05, 3.63) is 40.9 Å². The maximum Gasteiger partial charge on any atom is 0.331 e. The van der Waals surface area contributed by atoms with Crippen LogP contribution in [0.3, 0.4) is 0 Å². The van der Waals surface area contributed by atoms with E-state index in [2.05, 4.69) is 5.32 Å². The molecule has 19 heavy (non-hydrogen) atoms. The summed E-state index contributed by atoms with van der Waals surface area (Å²) >= 11 is 5.74. The number of hydrogen-bond donors (Lipinski definition) is 1. The van der Waals surface area contributed by atoms with E-state index in [9.17, 15) is 9.59 Å². The second-order valence-electron chi connectivity index (χ2n) is 3.84. The first-order valence-electron chi connectivity index (χ1n) is 5.99. The predicted octanol–water partition coefficient (Wildman–Crippen LogP) is 2.42. The first-order chi connectivity index (χ1) is 9.11. The molecule has 102 valence electrons. The van der Waals surface area contributed by atoms with E-state index in [1.807, 2.05) is 6.92 Å². The zero-order valence-electron chi connectivity index (χ0n) is 10.7. The van der Waals surface area contributed by atoms with Gasteiger partial charge >= 0.3 is 5.97 Å². The molecule has 1 amide bonds. The Morgan fingerprint density at radius 1 is 1.32 bits per heavy atom. The molecule has 0 heterocycles. The Hall–Kier alpha value is -1.81. The van der Waals surface area contributed by atoms with Crippen molar-refractivity contribution < 1.29 is 14.3 Å². The van der Waals surface area contributed by atoms with Crippen LogP contribution in [0.4, 0.5) is 0 Å². The van der Waals surface area contributed by atoms with Crippen molar-refractivity contribution in [3.8, 4) is 0 Å². The van der Waals surface area contributed by atoms with Crippen LogP contribution >= 0.6 is 11.6 Å². The van der Waals surface area contributed by atoms with E-state index in [-0.39, 0.29) is 12.5 Å². The molecule has 1 aromatic rings. The molecule has 0 radical (unpaired) electrons. The van der Waals surface area contributed by atoms with Gasteiger partial charge in [-0.15, -0.1) is 0 Å². The lowest BCUT2D eigenvalue weighted by atomic mass is 10.2. The Labute approximate surface area is 117 Å². The molecule has 1 aromatic carbocycles.